The number of nitrogens with one attached hydrogen (secondary N) is 1. The van der Waals surface area contributed by atoms with Crippen LogP contribution in [-0.4, -0.2) is 20.6 Å². The van der Waals surface area contributed by atoms with Crippen LogP contribution in [0.3, 0.4) is 0 Å². The van der Waals surface area contributed by atoms with Crippen LogP contribution in [-0.2, 0) is 0 Å². The molecular formula is C8H14N4. The first kappa shape index (κ1) is 7.71. The molecule has 1 aliphatic rings. The van der Waals surface area contributed by atoms with Gasteiger partial charge in [-0.1, -0.05) is 18.6 Å². The number of H-pyrrole nitrogens is 1. The Hall–Kier alpha value is -0.930. The van der Waals surface area contributed by atoms with E-state index in [1.165, 1.54) is 25.7 Å². The maximum absolute atomic E-state index is 4.02. The molecule has 1 aliphatic carbocycles. The third-order valence-electron chi connectivity index (χ3n) is 2.85. The summed E-state index contributed by atoms with van der Waals surface area (Å²) in [5.74, 6) is 2.35. The zero-order valence-electron chi connectivity index (χ0n) is 7.32. The fourth-order valence-corrected chi connectivity index (χ4v) is 2.02. The minimum absolute atomic E-state index is 0.564. The Morgan fingerprint density at radius 1 is 1.50 bits per heavy atom. The van der Waals surface area contributed by atoms with Crippen molar-refractivity contribution in [3.63, 3.8) is 0 Å². The molecule has 0 bridgehead atoms. The predicted octanol–water partition coefficient (Wildman–Crippen LogP) is 1.49. The SMILES string of the molecule is CCC1CCC(c2nn[nH]n2)C1. The molecule has 66 valence electrons. The highest BCUT2D eigenvalue weighted by Gasteiger charge is 2.27. The highest BCUT2D eigenvalue weighted by Crippen LogP contribution is 2.37. The first-order valence-electron chi connectivity index (χ1n) is 4.63. The molecule has 0 amide bonds. The fraction of sp³-hybridized carbons (Fsp3) is 0.875. The van der Waals surface area contributed by atoms with Gasteiger partial charge in [-0.15, -0.1) is 10.2 Å². The molecule has 1 aromatic rings. The standard InChI is InChI=1S/C8H14N4/c1-2-6-3-4-7(5-6)8-9-11-12-10-8/h6-7H,2-5H2,1H3,(H,9,10,11,12). The number of tetrazole rings is 1. The lowest BCUT2D eigenvalue weighted by molar-refractivity contribution is 0.517. The van der Waals surface area contributed by atoms with Gasteiger partial charge in [0.25, 0.3) is 0 Å². The van der Waals surface area contributed by atoms with Crippen LogP contribution in [0.1, 0.15) is 44.3 Å². The molecule has 1 aromatic heterocycles. The van der Waals surface area contributed by atoms with Gasteiger partial charge in [0.2, 0.25) is 0 Å². The first-order valence-corrected chi connectivity index (χ1v) is 4.63. The minimum Gasteiger partial charge on any atom is -0.177 e. The molecule has 1 N–H and O–H groups in total. The van der Waals surface area contributed by atoms with Gasteiger partial charge >= 0.3 is 0 Å². The summed E-state index contributed by atoms with van der Waals surface area (Å²) in [5, 5.41) is 14.1. The fourth-order valence-electron chi connectivity index (χ4n) is 2.02. The van der Waals surface area contributed by atoms with Crippen LogP contribution in [0.4, 0.5) is 0 Å². The summed E-state index contributed by atoms with van der Waals surface area (Å²) in [6.07, 6.45) is 5.10. The van der Waals surface area contributed by atoms with E-state index < -0.39 is 0 Å². The van der Waals surface area contributed by atoms with Gasteiger partial charge in [-0.2, -0.15) is 5.21 Å². The molecule has 2 atom stereocenters. The van der Waals surface area contributed by atoms with Crippen LogP contribution < -0.4 is 0 Å². The van der Waals surface area contributed by atoms with Crippen molar-refractivity contribution in [1.82, 2.24) is 20.6 Å². The van der Waals surface area contributed by atoms with Crippen molar-refractivity contribution in [3.05, 3.63) is 5.82 Å². The van der Waals surface area contributed by atoms with E-state index in [-0.39, 0.29) is 0 Å². The molecule has 1 saturated carbocycles. The summed E-state index contributed by atoms with van der Waals surface area (Å²) < 4.78 is 0. The van der Waals surface area contributed by atoms with Gasteiger partial charge in [0.05, 0.1) is 0 Å². The number of aromatic amines is 1. The molecule has 0 spiro atoms. The lowest BCUT2D eigenvalue weighted by Gasteiger charge is -2.04. The third-order valence-corrected chi connectivity index (χ3v) is 2.85. The summed E-state index contributed by atoms with van der Waals surface area (Å²) in [5.41, 5.74) is 0. The van der Waals surface area contributed by atoms with E-state index in [0.29, 0.717) is 5.92 Å². The molecule has 4 nitrogen and oxygen atoms in total. The minimum atomic E-state index is 0.564. The molecule has 2 rings (SSSR count). The highest BCUT2D eigenvalue weighted by molar-refractivity contribution is 4.95. The molecule has 2 unspecified atom stereocenters. The molecule has 4 heteroatoms. The van der Waals surface area contributed by atoms with E-state index in [4.69, 9.17) is 0 Å². The van der Waals surface area contributed by atoms with Crippen molar-refractivity contribution in [2.24, 2.45) is 5.92 Å². The summed E-state index contributed by atoms with van der Waals surface area (Å²) >= 11 is 0. The zero-order valence-corrected chi connectivity index (χ0v) is 7.32. The Kier molecular flexibility index (Phi) is 2.06. The second kappa shape index (κ2) is 3.21. The van der Waals surface area contributed by atoms with Gasteiger partial charge in [-0.25, -0.2) is 0 Å². The first-order chi connectivity index (χ1) is 5.90. The number of rotatable bonds is 2. The molecular weight excluding hydrogens is 152 g/mol. The predicted molar refractivity (Wildman–Crippen MR) is 44.6 cm³/mol. The zero-order chi connectivity index (χ0) is 8.39. The molecule has 1 heterocycles. The average molecular weight is 166 g/mol. The average Bonchev–Trinajstić information content (AvgIpc) is 2.75. The Bertz CT molecular complexity index is 231. The summed E-state index contributed by atoms with van der Waals surface area (Å²) in [7, 11) is 0. The van der Waals surface area contributed by atoms with Crippen LogP contribution in [0, 0.1) is 5.92 Å². The normalized spacial score (nSPS) is 29.4. The van der Waals surface area contributed by atoms with Crippen molar-refractivity contribution < 1.29 is 0 Å². The van der Waals surface area contributed by atoms with E-state index in [2.05, 4.69) is 27.5 Å². The van der Waals surface area contributed by atoms with Crippen LogP contribution in [0.2, 0.25) is 0 Å². The van der Waals surface area contributed by atoms with E-state index in [1.54, 1.807) is 0 Å². The topological polar surface area (TPSA) is 54.5 Å². The Balaban J connectivity index is 2.00. The third kappa shape index (κ3) is 1.33. The maximum atomic E-state index is 4.02. The monoisotopic (exact) mass is 166 g/mol. The second-order valence-electron chi connectivity index (χ2n) is 3.55. The molecule has 1 fully saturated rings. The molecule has 0 aliphatic heterocycles. The summed E-state index contributed by atoms with van der Waals surface area (Å²) in [4.78, 5) is 0. The smallest absolute Gasteiger partial charge is 0.177 e. The quantitative estimate of drug-likeness (QED) is 0.724. The van der Waals surface area contributed by atoms with Gasteiger partial charge in [-0.3, -0.25) is 0 Å². The van der Waals surface area contributed by atoms with Crippen molar-refractivity contribution in [2.75, 3.05) is 0 Å². The van der Waals surface area contributed by atoms with Crippen LogP contribution in [0.15, 0.2) is 0 Å². The lowest BCUT2D eigenvalue weighted by Crippen LogP contribution is -1.97. The lowest BCUT2D eigenvalue weighted by atomic mass is 10.0. The van der Waals surface area contributed by atoms with Gasteiger partial charge < -0.3 is 0 Å². The van der Waals surface area contributed by atoms with Crippen molar-refractivity contribution in [3.8, 4) is 0 Å². The van der Waals surface area contributed by atoms with Gasteiger partial charge in [0.1, 0.15) is 0 Å². The van der Waals surface area contributed by atoms with E-state index in [0.717, 1.165) is 11.7 Å². The molecule has 12 heavy (non-hydrogen) atoms. The Morgan fingerprint density at radius 3 is 3.00 bits per heavy atom. The van der Waals surface area contributed by atoms with Gasteiger partial charge in [-0.05, 0) is 25.2 Å². The maximum Gasteiger partial charge on any atom is 0.177 e. The highest BCUT2D eigenvalue weighted by atomic mass is 15.5. The van der Waals surface area contributed by atoms with Crippen LogP contribution in [0.5, 0.6) is 0 Å². The largest absolute Gasteiger partial charge is 0.177 e. The molecule has 0 saturated heterocycles. The second-order valence-corrected chi connectivity index (χ2v) is 3.55. The number of nitrogens with zero attached hydrogens (tertiary/aromatic N) is 3. The van der Waals surface area contributed by atoms with Crippen molar-refractivity contribution >= 4 is 0 Å². The van der Waals surface area contributed by atoms with Gasteiger partial charge in [0.15, 0.2) is 5.82 Å². The molecule has 0 aromatic carbocycles. The van der Waals surface area contributed by atoms with E-state index in [1.807, 2.05) is 0 Å². The Morgan fingerprint density at radius 2 is 2.42 bits per heavy atom. The van der Waals surface area contributed by atoms with Crippen molar-refractivity contribution in [2.45, 2.75) is 38.5 Å². The Labute approximate surface area is 71.8 Å². The van der Waals surface area contributed by atoms with Crippen LogP contribution >= 0.6 is 0 Å². The summed E-state index contributed by atoms with van der Waals surface area (Å²) in [6.45, 7) is 2.25. The van der Waals surface area contributed by atoms with Crippen LogP contribution in [0.25, 0.3) is 0 Å². The number of aromatic nitrogens is 4. The van der Waals surface area contributed by atoms with E-state index >= 15 is 0 Å². The number of hydrogen-bond donors (Lipinski definition) is 1. The summed E-state index contributed by atoms with van der Waals surface area (Å²) in [6, 6.07) is 0. The van der Waals surface area contributed by atoms with Crippen molar-refractivity contribution in [1.29, 1.82) is 0 Å². The van der Waals surface area contributed by atoms with E-state index in [9.17, 15) is 0 Å². The number of hydrogen-bond acceptors (Lipinski definition) is 3. The molecule has 0 radical (unpaired) electrons. The van der Waals surface area contributed by atoms with Gasteiger partial charge in [0, 0.05) is 5.92 Å².